The van der Waals surface area contributed by atoms with Gasteiger partial charge >= 0.3 is 0 Å². The highest BCUT2D eigenvalue weighted by Crippen LogP contribution is 2.21. The van der Waals surface area contributed by atoms with Crippen LogP contribution in [0.3, 0.4) is 0 Å². The van der Waals surface area contributed by atoms with Crippen LogP contribution in [0.1, 0.15) is 22.8 Å². The van der Waals surface area contributed by atoms with Crippen LogP contribution in [0, 0.1) is 6.92 Å². The lowest BCUT2D eigenvalue weighted by Gasteiger charge is -2.11. The van der Waals surface area contributed by atoms with E-state index in [-0.39, 0.29) is 5.78 Å². The van der Waals surface area contributed by atoms with Crippen LogP contribution < -0.4 is 15.3 Å². The molecular weight excluding hydrogens is 255 g/mol. The van der Waals surface area contributed by atoms with Crippen LogP contribution in [0.5, 0.6) is 5.75 Å². The largest absolute Gasteiger partial charge is 0.496 e. The molecule has 0 heterocycles. The van der Waals surface area contributed by atoms with Gasteiger partial charge < -0.3 is 4.74 Å². The molecule has 0 amide bonds. The van der Waals surface area contributed by atoms with Crippen LogP contribution >= 0.6 is 8.58 Å². The molecule has 1 unspecified atom stereocenters. The summed E-state index contributed by atoms with van der Waals surface area (Å²) >= 11 is 0. The summed E-state index contributed by atoms with van der Waals surface area (Å²) in [6, 6.07) is 14.0. The number of ether oxygens (including phenoxy) is 1. The molecule has 0 spiro atoms. The quantitative estimate of drug-likeness (QED) is 0.632. The van der Waals surface area contributed by atoms with Gasteiger partial charge in [-0.2, -0.15) is 0 Å². The van der Waals surface area contributed by atoms with Crippen molar-refractivity contribution in [2.75, 3.05) is 7.11 Å². The van der Waals surface area contributed by atoms with E-state index in [9.17, 15) is 4.79 Å². The molecule has 2 aromatic carbocycles. The average molecular weight is 272 g/mol. The zero-order valence-corrected chi connectivity index (χ0v) is 12.4. The molecule has 2 nitrogen and oxygen atoms in total. The third kappa shape index (κ3) is 3.21. The third-order valence-electron chi connectivity index (χ3n) is 2.93. The molecule has 0 aliphatic heterocycles. The molecule has 0 fully saturated rings. The summed E-state index contributed by atoms with van der Waals surface area (Å²) in [5.74, 6) is 0.983. The number of carbonyl (C=O) groups excluding carboxylic acids is 1. The van der Waals surface area contributed by atoms with Crippen molar-refractivity contribution in [1.29, 1.82) is 0 Å². The lowest BCUT2D eigenvalue weighted by Crippen LogP contribution is -2.13. The molecule has 3 heteroatoms. The van der Waals surface area contributed by atoms with Crippen molar-refractivity contribution >= 4 is 25.0 Å². The van der Waals surface area contributed by atoms with Crippen molar-refractivity contribution in [3.8, 4) is 5.75 Å². The minimum absolute atomic E-state index is 0.112. The minimum atomic E-state index is 0.112. The van der Waals surface area contributed by atoms with E-state index in [1.54, 1.807) is 14.0 Å². The standard InChI is InChI=1S/C16H17O2P/c1-11-8-9-15(13(10-11)12(2)17)19-16-7-5-4-6-14(16)18-3/h4-10,19H,1-3H3. The Labute approximate surface area is 115 Å². The molecule has 0 N–H and O–H groups in total. The molecule has 19 heavy (non-hydrogen) atoms. The van der Waals surface area contributed by atoms with Gasteiger partial charge in [-0.3, -0.25) is 4.79 Å². The van der Waals surface area contributed by atoms with Crippen molar-refractivity contribution < 1.29 is 9.53 Å². The number of Topliss-reactive ketones (excluding diaryl/α,β-unsaturated/α-hetero) is 1. The topological polar surface area (TPSA) is 26.3 Å². The van der Waals surface area contributed by atoms with Crippen molar-refractivity contribution in [2.24, 2.45) is 0 Å². The Hall–Kier alpha value is -1.66. The Morgan fingerprint density at radius 2 is 1.84 bits per heavy atom. The number of hydrogen-bond acceptors (Lipinski definition) is 2. The number of aryl methyl sites for hydroxylation is 1. The Bertz CT molecular complexity index is 605. The van der Waals surface area contributed by atoms with Gasteiger partial charge in [0.25, 0.3) is 0 Å². The highest BCUT2D eigenvalue weighted by Gasteiger charge is 2.10. The predicted octanol–water partition coefficient (Wildman–Crippen LogP) is 2.84. The second kappa shape index (κ2) is 5.99. The van der Waals surface area contributed by atoms with E-state index in [1.165, 1.54) is 0 Å². The molecule has 0 radical (unpaired) electrons. The van der Waals surface area contributed by atoms with Gasteiger partial charge in [-0.15, -0.1) is 0 Å². The summed E-state index contributed by atoms with van der Waals surface area (Å²) < 4.78 is 5.36. The normalized spacial score (nSPS) is 10.9. The van der Waals surface area contributed by atoms with Gasteiger partial charge in [0, 0.05) is 10.9 Å². The first-order valence-electron chi connectivity index (χ1n) is 6.13. The number of carbonyl (C=O) groups is 1. The summed E-state index contributed by atoms with van der Waals surface area (Å²) in [5, 5.41) is 2.19. The number of benzene rings is 2. The molecule has 0 saturated carbocycles. The van der Waals surface area contributed by atoms with E-state index < -0.39 is 0 Å². The SMILES string of the molecule is COc1ccccc1Pc1ccc(C)cc1C(C)=O. The molecule has 0 saturated heterocycles. The molecule has 0 bridgehead atoms. The van der Waals surface area contributed by atoms with Gasteiger partial charge in [-0.1, -0.05) is 44.5 Å². The predicted molar refractivity (Wildman–Crippen MR) is 81.8 cm³/mol. The van der Waals surface area contributed by atoms with Gasteiger partial charge in [0.1, 0.15) is 5.75 Å². The van der Waals surface area contributed by atoms with Crippen LogP contribution in [-0.4, -0.2) is 12.9 Å². The molecule has 2 rings (SSSR count). The van der Waals surface area contributed by atoms with Gasteiger partial charge in [0.05, 0.1) is 7.11 Å². The van der Waals surface area contributed by atoms with Gasteiger partial charge in [-0.05, 0) is 31.3 Å². The smallest absolute Gasteiger partial charge is 0.160 e. The van der Waals surface area contributed by atoms with E-state index in [4.69, 9.17) is 4.74 Å². The molecule has 0 aliphatic rings. The summed E-state index contributed by atoms with van der Waals surface area (Å²) in [4.78, 5) is 11.7. The van der Waals surface area contributed by atoms with Crippen LogP contribution in [0.25, 0.3) is 0 Å². The van der Waals surface area contributed by atoms with E-state index >= 15 is 0 Å². The maximum Gasteiger partial charge on any atom is 0.160 e. The minimum Gasteiger partial charge on any atom is -0.496 e. The highest BCUT2D eigenvalue weighted by atomic mass is 31.1. The number of para-hydroxylation sites is 1. The Kier molecular flexibility index (Phi) is 4.34. The lowest BCUT2D eigenvalue weighted by molar-refractivity contribution is 0.101. The number of methoxy groups -OCH3 is 1. The Balaban J connectivity index is 2.41. The van der Waals surface area contributed by atoms with Crippen LogP contribution in [0.4, 0.5) is 0 Å². The van der Waals surface area contributed by atoms with E-state index in [2.05, 4.69) is 0 Å². The molecule has 2 aromatic rings. The van der Waals surface area contributed by atoms with Crippen LogP contribution in [0.15, 0.2) is 42.5 Å². The first kappa shape index (κ1) is 13.8. The van der Waals surface area contributed by atoms with Crippen molar-refractivity contribution in [3.63, 3.8) is 0 Å². The molecule has 98 valence electrons. The van der Waals surface area contributed by atoms with Gasteiger partial charge in [0.15, 0.2) is 5.78 Å². The zero-order chi connectivity index (χ0) is 13.8. The second-order valence-corrected chi connectivity index (χ2v) is 5.76. The van der Waals surface area contributed by atoms with Crippen molar-refractivity contribution in [3.05, 3.63) is 53.6 Å². The molecule has 0 aromatic heterocycles. The highest BCUT2D eigenvalue weighted by molar-refractivity contribution is 7.56. The number of rotatable bonds is 4. The van der Waals surface area contributed by atoms with Gasteiger partial charge in [0.2, 0.25) is 0 Å². The van der Waals surface area contributed by atoms with Crippen molar-refractivity contribution in [1.82, 2.24) is 0 Å². The second-order valence-electron chi connectivity index (χ2n) is 4.43. The summed E-state index contributed by atoms with van der Waals surface area (Å²) in [6.07, 6.45) is 0. The summed E-state index contributed by atoms with van der Waals surface area (Å²) in [6.45, 7) is 3.62. The first-order valence-corrected chi connectivity index (χ1v) is 7.13. The van der Waals surface area contributed by atoms with Gasteiger partial charge in [-0.25, -0.2) is 0 Å². The first-order chi connectivity index (χ1) is 9.11. The van der Waals surface area contributed by atoms with Crippen LogP contribution in [-0.2, 0) is 0 Å². The van der Waals surface area contributed by atoms with E-state index in [1.807, 2.05) is 49.4 Å². The third-order valence-corrected chi connectivity index (χ3v) is 4.32. The van der Waals surface area contributed by atoms with E-state index in [0.717, 1.165) is 27.5 Å². The summed E-state index contributed by atoms with van der Waals surface area (Å²) in [5.41, 5.74) is 1.92. The summed E-state index contributed by atoms with van der Waals surface area (Å²) in [7, 11) is 2.10. The average Bonchev–Trinajstić information content (AvgIpc) is 2.41. The Morgan fingerprint density at radius 1 is 1.11 bits per heavy atom. The lowest BCUT2D eigenvalue weighted by atomic mass is 10.1. The Morgan fingerprint density at radius 3 is 2.53 bits per heavy atom. The molecular formula is C16H17O2P. The maximum absolute atomic E-state index is 11.7. The molecule has 1 atom stereocenters. The maximum atomic E-state index is 11.7. The fraction of sp³-hybridized carbons (Fsp3) is 0.188. The fourth-order valence-corrected chi connectivity index (χ4v) is 3.28. The van der Waals surface area contributed by atoms with Crippen molar-refractivity contribution in [2.45, 2.75) is 13.8 Å². The number of ketones is 1. The van der Waals surface area contributed by atoms with Crippen LogP contribution in [0.2, 0.25) is 0 Å². The zero-order valence-electron chi connectivity index (χ0n) is 11.4. The monoisotopic (exact) mass is 272 g/mol. The molecule has 0 aliphatic carbocycles. The van der Waals surface area contributed by atoms with E-state index in [0.29, 0.717) is 8.58 Å². The number of hydrogen-bond donors (Lipinski definition) is 0. The fourth-order valence-electron chi connectivity index (χ4n) is 1.95.